The first-order valence-corrected chi connectivity index (χ1v) is 8.65. The number of rotatable bonds is 5. The summed E-state index contributed by atoms with van der Waals surface area (Å²) >= 11 is 1.47. The van der Waals surface area contributed by atoms with Crippen LogP contribution in [0.25, 0.3) is 0 Å². The van der Waals surface area contributed by atoms with Crippen LogP contribution in [-0.4, -0.2) is 31.8 Å². The van der Waals surface area contributed by atoms with Crippen molar-refractivity contribution >= 4 is 29.3 Å². The Kier molecular flexibility index (Phi) is 5.14. The summed E-state index contributed by atoms with van der Waals surface area (Å²) in [5.74, 6) is 1.39. The van der Waals surface area contributed by atoms with Gasteiger partial charge in [0.2, 0.25) is 5.91 Å². The summed E-state index contributed by atoms with van der Waals surface area (Å²) in [5.41, 5.74) is 2.08. The molecule has 1 heterocycles. The molecular weight excluding hydrogens is 340 g/mol. The molecule has 0 bridgehead atoms. The Labute approximate surface area is 149 Å². The molecule has 130 valence electrons. The molecule has 25 heavy (non-hydrogen) atoms. The molecule has 2 N–H and O–H groups in total. The lowest BCUT2D eigenvalue weighted by Gasteiger charge is -2.17. The Morgan fingerprint density at radius 3 is 2.72 bits per heavy atom. The first kappa shape index (κ1) is 17.2. The minimum absolute atomic E-state index is 0.0552. The lowest BCUT2D eigenvalue weighted by Crippen LogP contribution is -2.24. The van der Waals surface area contributed by atoms with Gasteiger partial charge in [-0.15, -0.1) is 11.8 Å². The van der Waals surface area contributed by atoms with Gasteiger partial charge in [0.25, 0.3) is 5.91 Å². The number of ether oxygens (including phenoxy) is 2. The van der Waals surface area contributed by atoms with E-state index in [0.29, 0.717) is 35.0 Å². The number of nitrogens with one attached hydrogen (secondary N) is 2. The molecule has 0 spiro atoms. The smallest absolute Gasteiger partial charge is 0.251 e. The maximum Gasteiger partial charge on any atom is 0.251 e. The van der Waals surface area contributed by atoms with E-state index < -0.39 is 0 Å². The molecule has 1 aliphatic heterocycles. The molecule has 0 saturated heterocycles. The maximum absolute atomic E-state index is 12.4. The fraction of sp³-hybridized carbons (Fsp3) is 0.222. The highest BCUT2D eigenvalue weighted by Crippen LogP contribution is 2.32. The third-order valence-corrected chi connectivity index (χ3v) is 4.85. The van der Waals surface area contributed by atoms with Crippen molar-refractivity contribution in [3.05, 3.63) is 47.5 Å². The van der Waals surface area contributed by atoms with Crippen LogP contribution in [0.1, 0.15) is 15.9 Å². The molecule has 0 atom stereocenters. The Morgan fingerprint density at radius 1 is 1.16 bits per heavy atom. The number of carbonyl (C=O) groups excluding carboxylic acids is 2. The van der Waals surface area contributed by atoms with E-state index in [1.165, 1.54) is 11.8 Å². The SMILES string of the molecule is COc1ccc(CNC(=O)c2ccc3c(c2)NC(=O)CS3)cc1OC. The van der Waals surface area contributed by atoms with E-state index in [0.717, 1.165) is 10.5 Å². The largest absolute Gasteiger partial charge is 0.493 e. The topological polar surface area (TPSA) is 76.7 Å². The van der Waals surface area contributed by atoms with E-state index in [-0.39, 0.29) is 11.8 Å². The molecule has 0 unspecified atom stereocenters. The number of amides is 2. The van der Waals surface area contributed by atoms with Gasteiger partial charge < -0.3 is 20.1 Å². The predicted molar refractivity (Wildman–Crippen MR) is 96.5 cm³/mol. The Balaban J connectivity index is 1.69. The van der Waals surface area contributed by atoms with E-state index in [1.54, 1.807) is 32.4 Å². The van der Waals surface area contributed by atoms with Crippen molar-refractivity contribution in [3.63, 3.8) is 0 Å². The summed E-state index contributed by atoms with van der Waals surface area (Å²) < 4.78 is 10.5. The summed E-state index contributed by atoms with van der Waals surface area (Å²) in [6.45, 7) is 0.359. The number of carbonyl (C=O) groups is 2. The summed E-state index contributed by atoms with van der Waals surface area (Å²) in [4.78, 5) is 24.8. The molecular formula is C18H18N2O4S. The second kappa shape index (κ2) is 7.48. The number of hydrogen-bond acceptors (Lipinski definition) is 5. The molecule has 0 aromatic heterocycles. The van der Waals surface area contributed by atoms with Gasteiger partial charge in [-0.3, -0.25) is 9.59 Å². The van der Waals surface area contributed by atoms with Crippen molar-refractivity contribution in [1.82, 2.24) is 5.32 Å². The van der Waals surface area contributed by atoms with E-state index in [4.69, 9.17) is 9.47 Å². The van der Waals surface area contributed by atoms with Crippen molar-refractivity contribution in [2.75, 3.05) is 25.3 Å². The minimum Gasteiger partial charge on any atom is -0.493 e. The van der Waals surface area contributed by atoms with Crippen LogP contribution in [0.4, 0.5) is 5.69 Å². The van der Waals surface area contributed by atoms with Crippen molar-refractivity contribution in [1.29, 1.82) is 0 Å². The monoisotopic (exact) mass is 358 g/mol. The van der Waals surface area contributed by atoms with E-state index >= 15 is 0 Å². The van der Waals surface area contributed by atoms with Crippen molar-refractivity contribution in [2.45, 2.75) is 11.4 Å². The number of methoxy groups -OCH3 is 2. The van der Waals surface area contributed by atoms with Crippen LogP contribution in [0.2, 0.25) is 0 Å². The molecule has 1 aliphatic rings. The molecule has 0 saturated carbocycles. The van der Waals surface area contributed by atoms with E-state index in [1.807, 2.05) is 18.2 Å². The Bertz CT molecular complexity index is 823. The highest BCUT2D eigenvalue weighted by Gasteiger charge is 2.17. The van der Waals surface area contributed by atoms with Gasteiger partial charge in [0.1, 0.15) is 0 Å². The highest BCUT2D eigenvalue weighted by molar-refractivity contribution is 8.00. The Morgan fingerprint density at radius 2 is 1.96 bits per heavy atom. The highest BCUT2D eigenvalue weighted by atomic mass is 32.2. The zero-order valence-corrected chi connectivity index (χ0v) is 14.7. The van der Waals surface area contributed by atoms with Crippen LogP contribution in [0.3, 0.4) is 0 Å². The number of hydrogen-bond donors (Lipinski definition) is 2. The average Bonchev–Trinajstić information content (AvgIpc) is 2.65. The van der Waals surface area contributed by atoms with Gasteiger partial charge >= 0.3 is 0 Å². The molecule has 0 aliphatic carbocycles. The van der Waals surface area contributed by atoms with Crippen LogP contribution in [0.5, 0.6) is 11.5 Å². The summed E-state index contributed by atoms with van der Waals surface area (Å²) in [7, 11) is 3.14. The van der Waals surface area contributed by atoms with Crippen LogP contribution in [0.15, 0.2) is 41.3 Å². The van der Waals surface area contributed by atoms with Crippen LogP contribution < -0.4 is 20.1 Å². The van der Waals surface area contributed by atoms with E-state index in [2.05, 4.69) is 10.6 Å². The molecule has 7 heteroatoms. The second-order valence-electron chi connectivity index (χ2n) is 5.42. The number of fused-ring (bicyclic) bond motifs is 1. The third kappa shape index (κ3) is 3.88. The van der Waals surface area contributed by atoms with Gasteiger partial charge in [0, 0.05) is 17.0 Å². The summed E-state index contributed by atoms with van der Waals surface area (Å²) in [6, 6.07) is 10.8. The van der Waals surface area contributed by atoms with Crippen molar-refractivity contribution < 1.29 is 19.1 Å². The quantitative estimate of drug-likeness (QED) is 0.859. The van der Waals surface area contributed by atoms with Gasteiger partial charge in [-0.25, -0.2) is 0 Å². The Hall–Kier alpha value is -2.67. The van der Waals surface area contributed by atoms with Gasteiger partial charge in [0.15, 0.2) is 11.5 Å². The lowest BCUT2D eigenvalue weighted by molar-refractivity contribution is -0.113. The first-order chi connectivity index (χ1) is 12.1. The van der Waals surface area contributed by atoms with Gasteiger partial charge in [-0.05, 0) is 35.9 Å². The van der Waals surface area contributed by atoms with E-state index in [9.17, 15) is 9.59 Å². The standard InChI is InChI=1S/C18H18N2O4S/c1-23-14-5-3-11(7-15(14)24-2)9-19-18(22)12-4-6-16-13(8-12)20-17(21)10-25-16/h3-8H,9-10H2,1-2H3,(H,19,22)(H,20,21). The molecule has 2 aromatic rings. The minimum atomic E-state index is -0.206. The fourth-order valence-electron chi connectivity index (χ4n) is 2.50. The molecule has 2 amide bonds. The zero-order chi connectivity index (χ0) is 17.8. The summed E-state index contributed by atoms with van der Waals surface area (Å²) in [5, 5.41) is 5.65. The normalized spacial score (nSPS) is 12.8. The molecule has 3 rings (SSSR count). The van der Waals surface area contributed by atoms with Crippen LogP contribution >= 0.6 is 11.8 Å². The maximum atomic E-state index is 12.4. The van der Waals surface area contributed by atoms with Gasteiger partial charge in [-0.2, -0.15) is 0 Å². The molecule has 0 radical (unpaired) electrons. The zero-order valence-electron chi connectivity index (χ0n) is 13.9. The lowest BCUT2D eigenvalue weighted by atomic mass is 10.1. The van der Waals surface area contributed by atoms with Crippen LogP contribution in [-0.2, 0) is 11.3 Å². The first-order valence-electron chi connectivity index (χ1n) is 7.66. The fourth-order valence-corrected chi connectivity index (χ4v) is 3.29. The van der Waals surface area contributed by atoms with Crippen molar-refractivity contribution in [2.24, 2.45) is 0 Å². The molecule has 2 aromatic carbocycles. The second-order valence-corrected chi connectivity index (χ2v) is 6.44. The number of thioether (sulfide) groups is 1. The number of anilines is 1. The van der Waals surface area contributed by atoms with Crippen LogP contribution in [0, 0.1) is 0 Å². The predicted octanol–water partition coefficient (Wildman–Crippen LogP) is 2.68. The van der Waals surface area contributed by atoms with Crippen molar-refractivity contribution in [3.8, 4) is 11.5 Å². The molecule has 0 fully saturated rings. The van der Waals surface area contributed by atoms with Gasteiger partial charge in [0.05, 0.1) is 25.7 Å². The average molecular weight is 358 g/mol. The molecule has 6 nitrogen and oxygen atoms in total. The number of benzene rings is 2. The summed E-state index contributed by atoms with van der Waals surface area (Å²) in [6.07, 6.45) is 0. The third-order valence-electron chi connectivity index (χ3n) is 3.78. The van der Waals surface area contributed by atoms with Gasteiger partial charge in [-0.1, -0.05) is 6.07 Å².